The first kappa shape index (κ1) is 12.6. The predicted octanol–water partition coefficient (Wildman–Crippen LogP) is 2.50. The highest BCUT2D eigenvalue weighted by molar-refractivity contribution is 7.92. The van der Waals surface area contributed by atoms with Gasteiger partial charge in [0.15, 0.2) is 0 Å². The van der Waals surface area contributed by atoms with Crippen molar-refractivity contribution in [3.05, 3.63) is 54.5 Å². The number of halogens is 1. The van der Waals surface area contributed by atoms with Crippen LogP contribution in [0.15, 0.2) is 53.6 Å². The lowest BCUT2D eigenvalue weighted by atomic mass is 10.2. The highest BCUT2D eigenvalue weighted by Crippen LogP contribution is 2.24. The van der Waals surface area contributed by atoms with Gasteiger partial charge in [0, 0.05) is 5.39 Å². The van der Waals surface area contributed by atoms with Crippen LogP contribution in [-0.4, -0.2) is 18.6 Å². The fraction of sp³-hybridized carbons (Fsp3) is 0. The molecule has 2 aromatic carbocycles. The molecule has 3 aromatic rings. The monoisotopic (exact) mass is 291 g/mol. The first-order valence-electron chi connectivity index (χ1n) is 5.77. The van der Waals surface area contributed by atoms with Crippen molar-refractivity contribution < 1.29 is 12.8 Å². The van der Waals surface area contributed by atoms with Crippen molar-refractivity contribution in [1.29, 1.82) is 0 Å². The van der Waals surface area contributed by atoms with Gasteiger partial charge < -0.3 is 0 Å². The Balaban J connectivity index is 2.06. The largest absolute Gasteiger partial charge is 0.279 e. The van der Waals surface area contributed by atoms with Crippen LogP contribution in [0.5, 0.6) is 0 Å². The molecule has 102 valence electrons. The van der Waals surface area contributed by atoms with E-state index in [0.717, 1.165) is 6.07 Å². The smallest absolute Gasteiger partial charge is 0.264 e. The second-order valence-electron chi connectivity index (χ2n) is 4.17. The summed E-state index contributed by atoms with van der Waals surface area (Å²) in [4.78, 5) is -0.388. The number of nitrogens with zero attached hydrogens (tertiary/aromatic N) is 1. The minimum Gasteiger partial charge on any atom is -0.279 e. The quantitative estimate of drug-likeness (QED) is 0.778. The van der Waals surface area contributed by atoms with Crippen molar-refractivity contribution >= 4 is 26.6 Å². The molecule has 0 bridgehead atoms. The van der Waals surface area contributed by atoms with Crippen LogP contribution in [0.3, 0.4) is 0 Å². The maximum atomic E-state index is 13.6. The maximum absolute atomic E-state index is 13.6. The first-order chi connectivity index (χ1) is 9.58. The third-order valence-electron chi connectivity index (χ3n) is 2.86. The topological polar surface area (TPSA) is 74.8 Å². The summed E-state index contributed by atoms with van der Waals surface area (Å²) in [5, 5.41) is 7.20. The Hall–Kier alpha value is -2.41. The average molecular weight is 291 g/mol. The summed E-state index contributed by atoms with van der Waals surface area (Å²) in [5.74, 6) is -0.792. The molecule has 0 atom stereocenters. The van der Waals surface area contributed by atoms with Gasteiger partial charge in [0.05, 0.1) is 17.4 Å². The fourth-order valence-electron chi connectivity index (χ4n) is 1.92. The lowest BCUT2D eigenvalue weighted by Crippen LogP contribution is -2.14. The van der Waals surface area contributed by atoms with Crippen LogP contribution < -0.4 is 4.72 Å². The molecule has 0 aliphatic heterocycles. The van der Waals surface area contributed by atoms with Crippen LogP contribution in [0.25, 0.3) is 10.9 Å². The molecule has 0 spiro atoms. The van der Waals surface area contributed by atoms with Gasteiger partial charge in [0.2, 0.25) is 0 Å². The number of aromatic nitrogens is 2. The van der Waals surface area contributed by atoms with Crippen LogP contribution in [0, 0.1) is 5.82 Å². The van der Waals surface area contributed by atoms with E-state index >= 15 is 0 Å². The Kier molecular flexibility index (Phi) is 2.90. The molecular weight excluding hydrogens is 281 g/mol. The number of hydrogen-bond donors (Lipinski definition) is 2. The van der Waals surface area contributed by atoms with Crippen molar-refractivity contribution in [1.82, 2.24) is 10.2 Å². The third kappa shape index (κ3) is 2.12. The second kappa shape index (κ2) is 4.61. The lowest BCUT2D eigenvalue weighted by molar-refractivity contribution is 0.570. The van der Waals surface area contributed by atoms with Gasteiger partial charge in [-0.15, -0.1) is 0 Å². The molecule has 5 nitrogen and oxygen atoms in total. The summed E-state index contributed by atoms with van der Waals surface area (Å²) in [6.45, 7) is 0. The number of rotatable bonds is 3. The summed E-state index contributed by atoms with van der Waals surface area (Å²) in [6.07, 6.45) is 1.51. The van der Waals surface area contributed by atoms with Crippen molar-refractivity contribution in [3.63, 3.8) is 0 Å². The molecular formula is C13H10FN3O2S. The van der Waals surface area contributed by atoms with Crippen molar-refractivity contribution in [2.24, 2.45) is 0 Å². The van der Waals surface area contributed by atoms with E-state index in [-0.39, 0.29) is 4.90 Å². The Morgan fingerprint density at radius 3 is 2.70 bits per heavy atom. The summed E-state index contributed by atoms with van der Waals surface area (Å²) in [5.41, 5.74) is 1.04. The minimum atomic E-state index is -3.98. The summed E-state index contributed by atoms with van der Waals surface area (Å²) < 4.78 is 40.4. The van der Waals surface area contributed by atoms with Gasteiger partial charge in [-0.05, 0) is 24.3 Å². The van der Waals surface area contributed by atoms with E-state index in [1.807, 2.05) is 0 Å². The number of anilines is 1. The van der Waals surface area contributed by atoms with E-state index in [2.05, 4.69) is 14.9 Å². The van der Waals surface area contributed by atoms with Crippen LogP contribution in [-0.2, 0) is 10.0 Å². The van der Waals surface area contributed by atoms with E-state index < -0.39 is 15.8 Å². The van der Waals surface area contributed by atoms with Crippen molar-refractivity contribution in [2.45, 2.75) is 4.90 Å². The molecule has 0 unspecified atom stereocenters. The number of nitrogens with one attached hydrogen (secondary N) is 2. The normalized spacial score (nSPS) is 11.7. The molecule has 0 saturated carbocycles. The highest BCUT2D eigenvalue weighted by atomic mass is 32.2. The Morgan fingerprint density at radius 1 is 1.10 bits per heavy atom. The van der Waals surface area contributed by atoms with Gasteiger partial charge >= 0.3 is 0 Å². The number of sulfonamides is 1. The van der Waals surface area contributed by atoms with Crippen LogP contribution in [0.2, 0.25) is 0 Å². The molecule has 7 heteroatoms. The van der Waals surface area contributed by atoms with Crippen LogP contribution in [0.4, 0.5) is 10.1 Å². The number of fused-ring (bicyclic) bond motifs is 1. The zero-order valence-electron chi connectivity index (χ0n) is 10.2. The fourth-order valence-corrected chi connectivity index (χ4v) is 3.08. The molecule has 0 radical (unpaired) electrons. The molecule has 20 heavy (non-hydrogen) atoms. The SMILES string of the molecule is O=S(=O)(Nc1cccc2[nH]ncc12)c1ccccc1F. The van der Waals surface area contributed by atoms with Gasteiger partial charge in [0.1, 0.15) is 10.7 Å². The molecule has 0 amide bonds. The van der Waals surface area contributed by atoms with E-state index in [0.29, 0.717) is 16.6 Å². The molecule has 0 aliphatic carbocycles. The maximum Gasteiger partial charge on any atom is 0.264 e. The minimum absolute atomic E-state index is 0.347. The first-order valence-corrected chi connectivity index (χ1v) is 7.26. The lowest BCUT2D eigenvalue weighted by Gasteiger charge is -2.09. The molecule has 0 saturated heterocycles. The standard InChI is InChI=1S/C13H10FN3O2S/c14-10-4-1-2-7-13(10)20(18,19)17-12-6-3-5-11-9(12)8-15-16-11/h1-8,17H,(H,15,16). The van der Waals surface area contributed by atoms with E-state index in [1.165, 1.54) is 24.4 Å². The molecule has 2 N–H and O–H groups in total. The Labute approximate surface area is 114 Å². The van der Waals surface area contributed by atoms with Crippen LogP contribution in [0.1, 0.15) is 0 Å². The van der Waals surface area contributed by atoms with Gasteiger partial charge in [-0.1, -0.05) is 18.2 Å². The number of H-pyrrole nitrogens is 1. The van der Waals surface area contributed by atoms with E-state index in [4.69, 9.17) is 0 Å². The number of hydrogen-bond acceptors (Lipinski definition) is 3. The van der Waals surface area contributed by atoms with E-state index in [9.17, 15) is 12.8 Å². The Morgan fingerprint density at radius 2 is 1.90 bits per heavy atom. The summed E-state index contributed by atoms with van der Waals surface area (Å²) >= 11 is 0. The highest BCUT2D eigenvalue weighted by Gasteiger charge is 2.19. The predicted molar refractivity (Wildman–Crippen MR) is 73.3 cm³/mol. The summed E-state index contributed by atoms with van der Waals surface area (Å²) in [6, 6.07) is 10.3. The second-order valence-corrected chi connectivity index (χ2v) is 5.82. The van der Waals surface area contributed by atoms with Gasteiger partial charge in [0.25, 0.3) is 10.0 Å². The molecule has 3 rings (SSSR count). The molecule has 0 aliphatic rings. The molecule has 1 heterocycles. The van der Waals surface area contributed by atoms with Gasteiger partial charge in [-0.25, -0.2) is 12.8 Å². The Bertz CT molecular complexity index is 874. The molecule has 1 aromatic heterocycles. The zero-order chi connectivity index (χ0) is 14.2. The van der Waals surface area contributed by atoms with Crippen molar-refractivity contribution in [2.75, 3.05) is 4.72 Å². The average Bonchev–Trinajstić information content (AvgIpc) is 2.88. The van der Waals surface area contributed by atoms with Crippen molar-refractivity contribution in [3.8, 4) is 0 Å². The zero-order valence-corrected chi connectivity index (χ0v) is 11.0. The van der Waals surface area contributed by atoms with Crippen LogP contribution >= 0.6 is 0 Å². The van der Waals surface area contributed by atoms with Gasteiger partial charge in [-0.2, -0.15) is 5.10 Å². The van der Waals surface area contributed by atoms with Gasteiger partial charge in [-0.3, -0.25) is 9.82 Å². The van der Waals surface area contributed by atoms with E-state index in [1.54, 1.807) is 18.2 Å². The molecule has 0 fully saturated rings. The summed E-state index contributed by atoms with van der Waals surface area (Å²) in [7, 11) is -3.98. The number of aromatic amines is 1. The number of benzene rings is 2. The third-order valence-corrected chi connectivity index (χ3v) is 4.25.